The summed E-state index contributed by atoms with van der Waals surface area (Å²) in [6, 6.07) is 11.2. The zero-order valence-corrected chi connectivity index (χ0v) is 12.3. The lowest BCUT2D eigenvalue weighted by Crippen LogP contribution is -2.34. The predicted octanol–water partition coefficient (Wildman–Crippen LogP) is 3.99. The highest BCUT2D eigenvalue weighted by Crippen LogP contribution is 2.33. The van der Waals surface area contributed by atoms with Crippen molar-refractivity contribution in [3.8, 4) is 6.07 Å². The van der Waals surface area contributed by atoms with Crippen molar-refractivity contribution in [2.75, 3.05) is 11.9 Å². The number of anilines is 1. The maximum Gasteiger partial charge on any atom is 0.322 e. The molecule has 0 aliphatic carbocycles. The van der Waals surface area contributed by atoms with E-state index in [1.807, 2.05) is 10.3 Å². The predicted molar refractivity (Wildman–Crippen MR) is 83.2 cm³/mol. The van der Waals surface area contributed by atoms with Gasteiger partial charge in [0.15, 0.2) is 0 Å². The van der Waals surface area contributed by atoms with Crippen molar-refractivity contribution < 1.29 is 4.79 Å². The van der Waals surface area contributed by atoms with E-state index in [9.17, 15) is 4.79 Å². The van der Waals surface area contributed by atoms with Crippen molar-refractivity contribution in [2.24, 2.45) is 0 Å². The van der Waals surface area contributed by atoms with E-state index in [4.69, 9.17) is 5.26 Å². The number of hydrogen-bond acceptors (Lipinski definition) is 3. The Morgan fingerprint density at radius 2 is 2.14 bits per heavy atom. The molecule has 106 valence electrons. The zero-order valence-electron chi connectivity index (χ0n) is 11.5. The molecule has 21 heavy (non-hydrogen) atoms. The van der Waals surface area contributed by atoms with Gasteiger partial charge < -0.3 is 10.2 Å². The van der Waals surface area contributed by atoms with Gasteiger partial charge in [-0.1, -0.05) is 0 Å². The number of amides is 2. The molecular weight excluding hydrogens is 282 g/mol. The average Bonchev–Trinajstić information content (AvgIpc) is 3.18. The summed E-state index contributed by atoms with van der Waals surface area (Å²) in [5.74, 6) is 0. The van der Waals surface area contributed by atoms with E-state index in [-0.39, 0.29) is 12.1 Å². The molecule has 1 saturated heterocycles. The van der Waals surface area contributed by atoms with E-state index in [0.29, 0.717) is 5.56 Å². The van der Waals surface area contributed by atoms with Gasteiger partial charge in [0, 0.05) is 12.2 Å². The van der Waals surface area contributed by atoms with Crippen LogP contribution in [0.25, 0.3) is 0 Å². The number of nitrogens with zero attached hydrogens (tertiary/aromatic N) is 2. The Morgan fingerprint density at radius 1 is 1.33 bits per heavy atom. The van der Waals surface area contributed by atoms with Crippen LogP contribution in [0.4, 0.5) is 10.5 Å². The lowest BCUT2D eigenvalue weighted by molar-refractivity contribution is 0.207. The summed E-state index contributed by atoms with van der Waals surface area (Å²) in [6.45, 7) is 0.780. The average molecular weight is 297 g/mol. The number of benzene rings is 1. The molecule has 2 aromatic rings. The topological polar surface area (TPSA) is 56.1 Å². The smallest absolute Gasteiger partial charge is 0.317 e. The first-order valence-corrected chi connectivity index (χ1v) is 7.82. The molecule has 1 N–H and O–H groups in total. The van der Waals surface area contributed by atoms with Crippen molar-refractivity contribution in [1.29, 1.82) is 5.26 Å². The summed E-state index contributed by atoms with van der Waals surface area (Å²) in [5.41, 5.74) is 2.52. The van der Waals surface area contributed by atoms with Crippen LogP contribution in [-0.4, -0.2) is 17.5 Å². The minimum atomic E-state index is -0.0755. The highest BCUT2D eigenvalue weighted by Gasteiger charge is 2.30. The van der Waals surface area contributed by atoms with Gasteiger partial charge in [-0.25, -0.2) is 4.79 Å². The van der Waals surface area contributed by atoms with Crippen molar-refractivity contribution >= 4 is 23.1 Å². The molecule has 1 aliphatic rings. The van der Waals surface area contributed by atoms with Gasteiger partial charge in [-0.2, -0.15) is 16.6 Å². The number of rotatable bonds is 2. The van der Waals surface area contributed by atoms with Crippen LogP contribution in [0.3, 0.4) is 0 Å². The minimum Gasteiger partial charge on any atom is -0.317 e. The third kappa shape index (κ3) is 2.91. The Labute approximate surface area is 127 Å². The normalized spacial score (nSPS) is 17.5. The first-order valence-electron chi connectivity index (χ1n) is 6.88. The van der Waals surface area contributed by atoms with Gasteiger partial charge in [0.2, 0.25) is 0 Å². The van der Waals surface area contributed by atoms with E-state index in [2.05, 4.69) is 22.8 Å². The van der Waals surface area contributed by atoms with Gasteiger partial charge >= 0.3 is 6.03 Å². The van der Waals surface area contributed by atoms with E-state index in [1.165, 1.54) is 5.56 Å². The number of thiophene rings is 1. The lowest BCUT2D eigenvalue weighted by Gasteiger charge is -2.24. The van der Waals surface area contributed by atoms with Crippen LogP contribution in [0.1, 0.15) is 30.0 Å². The molecule has 2 heterocycles. The minimum absolute atomic E-state index is 0.0755. The summed E-state index contributed by atoms with van der Waals surface area (Å²) in [6.07, 6.45) is 2.04. The molecule has 3 rings (SSSR count). The van der Waals surface area contributed by atoms with Crippen LogP contribution >= 0.6 is 11.3 Å². The first kappa shape index (κ1) is 13.7. The summed E-state index contributed by atoms with van der Waals surface area (Å²) in [4.78, 5) is 14.3. The molecule has 1 fully saturated rings. The van der Waals surface area contributed by atoms with Crippen molar-refractivity contribution in [2.45, 2.75) is 18.9 Å². The van der Waals surface area contributed by atoms with Crippen LogP contribution in [0.2, 0.25) is 0 Å². The number of carbonyl (C=O) groups is 1. The first-order chi connectivity index (χ1) is 10.3. The van der Waals surface area contributed by atoms with E-state index < -0.39 is 0 Å². The highest BCUT2D eigenvalue weighted by atomic mass is 32.1. The highest BCUT2D eigenvalue weighted by molar-refractivity contribution is 7.07. The van der Waals surface area contributed by atoms with Gasteiger partial charge in [0.1, 0.15) is 0 Å². The molecule has 1 aromatic carbocycles. The molecule has 4 nitrogen and oxygen atoms in total. The van der Waals surface area contributed by atoms with Crippen LogP contribution in [0.15, 0.2) is 41.1 Å². The fourth-order valence-electron chi connectivity index (χ4n) is 2.64. The second-order valence-corrected chi connectivity index (χ2v) is 5.81. The van der Waals surface area contributed by atoms with Gasteiger partial charge in [-0.05, 0) is 59.5 Å². The number of nitriles is 1. The van der Waals surface area contributed by atoms with Crippen LogP contribution < -0.4 is 5.32 Å². The molecular formula is C16H15N3OS. The maximum absolute atomic E-state index is 12.4. The van der Waals surface area contributed by atoms with Crippen molar-refractivity contribution in [1.82, 2.24) is 4.90 Å². The molecule has 1 unspecified atom stereocenters. The fourth-order valence-corrected chi connectivity index (χ4v) is 3.35. The third-order valence-corrected chi connectivity index (χ3v) is 4.41. The molecule has 0 radical (unpaired) electrons. The van der Waals surface area contributed by atoms with Crippen molar-refractivity contribution in [3.63, 3.8) is 0 Å². The van der Waals surface area contributed by atoms with E-state index in [1.54, 1.807) is 35.6 Å². The van der Waals surface area contributed by atoms with Gasteiger partial charge in [0.05, 0.1) is 17.7 Å². The van der Waals surface area contributed by atoms with Gasteiger partial charge in [-0.15, -0.1) is 0 Å². The Morgan fingerprint density at radius 3 is 2.81 bits per heavy atom. The van der Waals surface area contributed by atoms with E-state index in [0.717, 1.165) is 25.1 Å². The summed E-state index contributed by atoms with van der Waals surface area (Å²) < 4.78 is 0. The summed E-state index contributed by atoms with van der Waals surface area (Å²) >= 11 is 1.66. The summed E-state index contributed by atoms with van der Waals surface area (Å²) in [5, 5.41) is 15.8. The molecule has 0 saturated carbocycles. The van der Waals surface area contributed by atoms with Gasteiger partial charge in [0.25, 0.3) is 0 Å². The number of nitrogens with one attached hydrogen (secondary N) is 1. The monoisotopic (exact) mass is 297 g/mol. The lowest BCUT2D eigenvalue weighted by atomic mass is 10.1. The van der Waals surface area contributed by atoms with Crippen LogP contribution in [0.5, 0.6) is 0 Å². The molecule has 5 heteroatoms. The number of carbonyl (C=O) groups excluding carboxylic acids is 1. The Balaban J connectivity index is 1.71. The second-order valence-electron chi connectivity index (χ2n) is 5.03. The number of urea groups is 1. The van der Waals surface area contributed by atoms with Crippen molar-refractivity contribution in [3.05, 3.63) is 52.2 Å². The molecule has 0 bridgehead atoms. The SMILES string of the molecule is N#Cc1ccc(NC(=O)N2CCCC2c2ccsc2)cc1. The van der Waals surface area contributed by atoms with Crippen LogP contribution in [-0.2, 0) is 0 Å². The molecule has 1 aliphatic heterocycles. The molecule has 2 amide bonds. The summed E-state index contributed by atoms with van der Waals surface area (Å²) in [7, 11) is 0. The van der Waals surface area contributed by atoms with Gasteiger partial charge in [-0.3, -0.25) is 0 Å². The Kier molecular flexibility index (Phi) is 3.89. The standard InChI is InChI=1S/C16H15N3OS/c17-10-12-3-5-14(6-4-12)18-16(20)19-8-1-2-15(19)13-7-9-21-11-13/h3-7,9,11,15H,1-2,8H2,(H,18,20). The Bertz CT molecular complexity index is 658. The fraction of sp³-hybridized carbons (Fsp3) is 0.250. The quantitative estimate of drug-likeness (QED) is 0.911. The maximum atomic E-state index is 12.4. The van der Waals surface area contributed by atoms with E-state index >= 15 is 0 Å². The Hall–Kier alpha value is -2.32. The molecule has 0 spiro atoms. The molecule has 1 aromatic heterocycles. The number of hydrogen-bond donors (Lipinski definition) is 1. The third-order valence-electron chi connectivity index (χ3n) is 3.71. The van der Waals surface area contributed by atoms with Crippen LogP contribution in [0, 0.1) is 11.3 Å². The second kappa shape index (κ2) is 5.98. The molecule has 1 atom stereocenters. The largest absolute Gasteiger partial charge is 0.322 e. The zero-order chi connectivity index (χ0) is 14.7. The number of likely N-dealkylation sites (tertiary alicyclic amines) is 1.